The van der Waals surface area contributed by atoms with Crippen molar-refractivity contribution in [2.24, 2.45) is 35.0 Å². The lowest BCUT2D eigenvalue weighted by molar-refractivity contribution is 0.0969. The summed E-state index contributed by atoms with van der Waals surface area (Å²) in [5.74, 6) is 3.89. The van der Waals surface area contributed by atoms with Crippen LogP contribution in [0.15, 0.2) is 47.6 Å². The number of hydrogen-bond donors (Lipinski definition) is 0. The minimum Gasteiger partial charge on any atom is -0.413 e. The Bertz CT molecular complexity index is 1120. The zero-order valence-corrected chi connectivity index (χ0v) is 33.2. The third kappa shape index (κ3) is 7.88. The van der Waals surface area contributed by atoms with E-state index in [2.05, 4.69) is 113 Å². The summed E-state index contributed by atoms with van der Waals surface area (Å²) in [7, 11) is -3.87. The van der Waals surface area contributed by atoms with Gasteiger partial charge in [-0.05, 0) is 134 Å². The summed E-state index contributed by atoms with van der Waals surface area (Å²) in [4.78, 5) is 0. The Balaban J connectivity index is 1.57. The van der Waals surface area contributed by atoms with E-state index in [1.165, 1.54) is 56.1 Å². The van der Waals surface area contributed by atoms with E-state index in [-0.39, 0.29) is 22.3 Å². The average Bonchev–Trinajstić information content (AvgIpc) is 3.68. The van der Waals surface area contributed by atoms with Crippen molar-refractivity contribution in [2.45, 2.75) is 169 Å². The first-order chi connectivity index (χ1) is 20.2. The normalized spacial score (nSPS) is 34.2. The fraction of sp³-hybridized carbons (Fsp3) is 0.800. The summed E-state index contributed by atoms with van der Waals surface area (Å²) >= 11 is 0. The number of allylic oxidation sites excluding steroid dienone is 5. The molecule has 0 spiro atoms. The van der Waals surface area contributed by atoms with Gasteiger partial charge in [0.05, 0.1) is 12.2 Å². The number of fused-ring (bicyclic) bond motifs is 1. The Morgan fingerprint density at radius 1 is 0.841 bits per heavy atom. The molecule has 0 aromatic rings. The molecular formula is C40H70O2Si2. The Hall–Kier alpha value is -0.686. The first-order valence-electron chi connectivity index (χ1n) is 18.3. The third-order valence-corrected chi connectivity index (χ3v) is 22.5. The number of hydrogen-bond acceptors (Lipinski definition) is 2. The van der Waals surface area contributed by atoms with Crippen LogP contribution in [-0.2, 0) is 8.85 Å². The molecule has 4 fully saturated rings. The molecule has 2 nitrogen and oxygen atoms in total. The van der Waals surface area contributed by atoms with Crippen LogP contribution in [-0.4, -0.2) is 28.8 Å². The van der Waals surface area contributed by atoms with Crippen LogP contribution < -0.4 is 0 Å². The van der Waals surface area contributed by atoms with Gasteiger partial charge in [0.1, 0.15) is 0 Å². The molecule has 0 saturated heterocycles. The van der Waals surface area contributed by atoms with Gasteiger partial charge in [0.2, 0.25) is 0 Å². The van der Waals surface area contributed by atoms with Crippen molar-refractivity contribution in [3.05, 3.63) is 47.6 Å². The van der Waals surface area contributed by atoms with Gasteiger partial charge in [0.25, 0.3) is 0 Å². The van der Waals surface area contributed by atoms with E-state index >= 15 is 0 Å². The maximum absolute atomic E-state index is 7.10. The third-order valence-electron chi connectivity index (χ3n) is 13.5. The Labute approximate surface area is 275 Å². The van der Waals surface area contributed by atoms with Gasteiger partial charge >= 0.3 is 0 Å². The summed E-state index contributed by atoms with van der Waals surface area (Å²) in [5.41, 5.74) is 4.68. The van der Waals surface area contributed by atoms with E-state index < -0.39 is 16.6 Å². The van der Waals surface area contributed by atoms with Crippen molar-refractivity contribution < 1.29 is 8.85 Å². The van der Waals surface area contributed by atoms with E-state index in [4.69, 9.17) is 15.4 Å². The van der Waals surface area contributed by atoms with Gasteiger partial charge < -0.3 is 8.85 Å². The van der Waals surface area contributed by atoms with E-state index in [0.717, 1.165) is 30.6 Å². The van der Waals surface area contributed by atoms with E-state index in [1.54, 1.807) is 5.57 Å². The molecule has 0 bridgehead atoms. The SMILES string of the molecule is C=C1/C(=C/C=C2\CCC[C@]3(C)[C@@H]([C@H](C)/C=C/[C@H](C)C4CC4)CC[C@@H]23)C[C@@H](O[Si](C)(C)C(C)(C)C)C[C@H]1O[Si](C)(C)C(C)(C)C. The van der Waals surface area contributed by atoms with E-state index in [0.29, 0.717) is 17.3 Å². The average molecular weight is 639 g/mol. The lowest BCUT2D eigenvalue weighted by Gasteiger charge is -2.45. The minimum absolute atomic E-state index is 0.0437. The molecule has 0 radical (unpaired) electrons. The van der Waals surface area contributed by atoms with Crippen LogP contribution in [0.3, 0.4) is 0 Å². The lowest BCUT2D eigenvalue weighted by Crippen LogP contribution is -2.49. The minimum atomic E-state index is -1.96. The van der Waals surface area contributed by atoms with Crippen molar-refractivity contribution in [1.29, 1.82) is 0 Å². The molecule has 4 saturated carbocycles. The molecule has 7 atom stereocenters. The van der Waals surface area contributed by atoms with Crippen molar-refractivity contribution in [2.75, 3.05) is 0 Å². The summed E-state index contributed by atoms with van der Waals surface area (Å²) in [6.45, 7) is 35.9. The quantitative estimate of drug-likeness (QED) is 0.185. The lowest BCUT2D eigenvalue weighted by atomic mass is 9.61. The molecule has 0 heterocycles. The van der Waals surface area contributed by atoms with Crippen LogP contribution in [0.5, 0.6) is 0 Å². The molecule has 250 valence electrons. The molecule has 0 amide bonds. The fourth-order valence-electron chi connectivity index (χ4n) is 8.17. The molecule has 4 heteroatoms. The Morgan fingerprint density at radius 3 is 2.02 bits per heavy atom. The molecular weight excluding hydrogens is 569 g/mol. The van der Waals surface area contributed by atoms with Gasteiger partial charge in [-0.15, -0.1) is 0 Å². The second-order valence-corrected chi connectivity index (χ2v) is 28.3. The molecule has 0 N–H and O–H groups in total. The van der Waals surface area contributed by atoms with Crippen LogP contribution in [0.2, 0.25) is 36.3 Å². The second-order valence-electron chi connectivity index (χ2n) is 18.8. The smallest absolute Gasteiger partial charge is 0.192 e. The molecule has 0 aromatic heterocycles. The summed E-state index contributed by atoms with van der Waals surface area (Å²) < 4.78 is 14.2. The predicted octanol–water partition coefficient (Wildman–Crippen LogP) is 12.4. The van der Waals surface area contributed by atoms with E-state index in [1.807, 2.05) is 0 Å². The largest absolute Gasteiger partial charge is 0.413 e. The molecule has 0 unspecified atom stereocenters. The highest BCUT2D eigenvalue weighted by molar-refractivity contribution is 6.74. The molecule has 4 aliphatic carbocycles. The number of rotatable bonds is 9. The summed E-state index contributed by atoms with van der Waals surface area (Å²) in [5, 5.41) is 0.358. The monoisotopic (exact) mass is 638 g/mol. The van der Waals surface area contributed by atoms with Crippen LogP contribution in [0.1, 0.15) is 120 Å². The van der Waals surface area contributed by atoms with Crippen LogP contribution in [0.4, 0.5) is 0 Å². The Kier molecular flexibility index (Phi) is 10.7. The predicted molar refractivity (Wildman–Crippen MR) is 197 cm³/mol. The molecule has 44 heavy (non-hydrogen) atoms. The van der Waals surface area contributed by atoms with Gasteiger partial charge in [-0.1, -0.05) is 98.8 Å². The molecule has 4 rings (SSSR count). The van der Waals surface area contributed by atoms with Crippen molar-refractivity contribution in [3.63, 3.8) is 0 Å². The highest BCUT2D eigenvalue weighted by Gasteiger charge is 2.50. The maximum Gasteiger partial charge on any atom is 0.192 e. The van der Waals surface area contributed by atoms with Crippen LogP contribution in [0, 0.1) is 35.0 Å². The van der Waals surface area contributed by atoms with Gasteiger partial charge in [-0.25, -0.2) is 0 Å². The molecule has 0 aliphatic heterocycles. The van der Waals surface area contributed by atoms with Gasteiger partial charge in [0, 0.05) is 6.42 Å². The highest BCUT2D eigenvalue weighted by atomic mass is 28.4. The summed E-state index contributed by atoms with van der Waals surface area (Å²) in [6, 6.07) is 0. The first-order valence-corrected chi connectivity index (χ1v) is 24.1. The van der Waals surface area contributed by atoms with Gasteiger partial charge in [0.15, 0.2) is 16.6 Å². The second kappa shape index (κ2) is 13.1. The Morgan fingerprint density at radius 2 is 1.43 bits per heavy atom. The zero-order valence-electron chi connectivity index (χ0n) is 31.2. The van der Waals surface area contributed by atoms with Crippen LogP contribution >= 0.6 is 0 Å². The van der Waals surface area contributed by atoms with Gasteiger partial charge in [-0.3, -0.25) is 0 Å². The van der Waals surface area contributed by atoms with Crippen molar-refractivity contribution in [1.82, 2.24) is 0 Å². The first kappa shape index (κ1) is 36.2. The topological polar surface area (TPSA) is 18.5 Å². The molecule has 4 aliphatic rings. The van der Waals surface area contributed by atoms with Crippen molar-refractivity contribution in [3.8, 4) is 0 Å². The molecule has 0 aromatic carbocycles. The maximum atomic E-state index is 7.10. The van der Waals surface area contributed by atoms with Crippen LogP contribution in [0.25, 0.3) is 0 Å². The summed E-state index contributed by atoms with van der Waals surface area (Å²) in [6.07, 6.45) is 21.8. The zero-order chi connectivity index (χ0) is 32.9. The standard InChI is InChI=1S/C40H70O2Si2/c1-28(31-19-20-31)17-18-29(2)35-23-24-36-32(16-15-25-40(35,36)10)21-22-33-26-34(41-43(11,12)38(4,5)6)27-37(30(33)3)42-44(13,14)39(7,8)9/h17-18,21-22,28-29,31,34-37H,3,15-16,19-20,23-27H2,1-2,4-14H3/b18-17+,32-21+,33-22+/t28-,29+,34+,35+,36-,37+,40+/m0/s1. The highest BCUT2D eigenvalue weighted by Crippen LogP contribution is 2.59. The van der Waals surface area contributed by atoms with Gasteiger partial charge in [-0.2, -0.15) is 0 Å². The fourth-order valence-corrected chi connectivity index (χ4v) is 10.8. The van der Waals surface area contributed by atoms with Crippen molar-refractivity contribution >= 4 is 16.6 Å². The van der Waals surface area contributed by atoms with E-state index in [9.17, 15) is 0 Å².